The molecule has 1 nitrogen and oxygen atoms in total. The number of hydrogen-bond donors (Lipinski definition) is 0. The van der Waals surface area contributed by atoms with Crippen LogP contribution in [0.1, 0.15) is 0 Å². The maximum absolute atomic E-state index is 13.5. The second-order valence-corrected chi connectivity index (χ2v) is 4.80. The van der Waals surface area contributed by atoms with Crippen LogP contribution in [0.5, 0.6) is 0 Å². The van der Waals surface area contributed by atoms with E-state index in [0.717, 1.165) is 9.86 Å². The van der Waals surface area contributed by atoms with Crippen LogP contribution in [-0.4, -0.2) is 0 Å². The highest BCUT2D eigenvalue weighted by molar-refractivity contribution is 9.10. The Morgan fingerprint density at radius 1 is 1.25 bits per heavy atom. The van der Waals surface area contributed by atoms with Crippen molar-refractivity contribution in [1.82, 2.24) is 0 Å². The number of fused-ring (bicyclic) bond motifs is 3. The molecule has 0 radical (unpaired) electrons. The molecular weight excluding hydrogens is 294 g/mol. The summed E-state index contributed by atoms with van der Waals surface area (Å²) in [4.78, 5) is 0. The highest BCUT2D eigenvalue weighted by Crippen LogP contribution is 2.36. The predicted molar refractivity (Wildman–Crippen MR) is 66.4 cm³/mol. The number of hydrogen-bond acceptors (Lipinski definition) is 1. The fourth-order valence-electron chi connectivity index (χ4n) is 1.81. The van der Waals surface area contributed by atoms with E-state index in [1.54, 1.807) is 24.3 Å². The van der Waals surface area contributed by atoms with E-state index in [1.807, 2.05) is 0 Å². The lowest BCUT2D eigenvalue weighted by molar-refractivity contribution is 0.584. The molecule has 0 N–H and O–H groups in total. The molecule has 0 unspecified atom stereocenters. The molecule has 0 bridgehead atoms. The Kier molecular flexibility index (Phi) is 2.19. The van der Waals surface area contributed by atoms with Gasteiger partial charge in [-0.2, -0.15) is 0 Å². The third-order valence-corrected chi connectivity index (χ3v) is 3.22. The number of furan rings is 1. The van der Waals surface area contributed by atoms with Gasteiger partial charge in [-0.1, -0.05) is 39.7 Å². The third-order valence-electron chi connectivity index (χ3n) is 2.47. The quantitative estimate of drug-likeness (QED) is 0.560. The van der Waals surface area contributed by atoms with Gasteiger partial charge in [0.1, 0.15) is 5.58 Å². The van der Waals surface area contributed by atoms with Gasteiger partial charge in [0.25, 0.3) is 0 Å². The van der Waals surface area contributed by atoms with Gasteiger partial charge < -0.3 is 4.42 Å². The molecule has 3 aromatic rings. The van der Waals surface area contributed by atoms with Crippen LogP contribution in [0.25, 0.3) is 21.9 Å². The summed E-state index contributed by atoms with van der Waals surface area (Å²) < 4.78 is 19.8. The molecule has 16 heavy (non-hydrogen) atoms. The maximum Gasteiger partial charge on any atom is 0.171 e. The minimum atomic E-state index is -0.374. The predicted octanol–water partition coefficient (Wildman–Crippen LogP) is 5.14. The molecule has 0 spiro atoms. The Hall–Kier alpha value is -1.06. The van der Waals surface area contributed by atoms with E-state index in [9.17, 15) is 4.39 Å². The molecule has 4 heteroatoms. The zero-order valence-corrected chi connectivity index (χ0v) is 10.3. The smallest absolute Gasteiger partial charge is 0.171 e. The Bertz CT molecular complexity index is 705. The molecule has 80 valence electrons. The van der Waals surface area contributed by atoms with E-state index in [-0.39, 0.29) is 11.4 Å². The van der Waals surface area contributed by atoms with Gasteiger partial charge in [0, 0.05) is 15.2 Å². The Labute approximate surface area is 104 Å². The Morgan fingerprint density at radius 3 is 2.88 bits per heavy atom. The Balaban J connectivity index is 2.61. The average Bonchev–Trinajstić information content (AvgIpc) is 2.57. The highest BCUT2D eigenvalue weighted by atomic mass is 79.9. The summed E-state index contributed by atoms with van der Waals surface area (Å²) in [5, 5.41) is 2.00. The first kappa shape index (κ1) is 10.1. The van der Waals surface area contributed by atoms with Crippen molar-refractivity contribution in [3.63, 3.8) is 0 Å². The molecule has 1 heterocycles. The number of rotatable bonds is 0. The second-order valence-electron chi connectivity index (χ2n) is 3.48. The van der Waals surface area contributed by atoms with Crippen molar-refractivity contribution < 1.29 is 8.81 Å². The van der Waals surface area contributed by atoms with Crippen LogP contribution in [0.2, 0.25) is 5.02 Å². The molecule has 0 aliphatic rings. The first-order chi connectivity index (χ1) is 7.66. The maximum atomic E-state index is 13.5. The van der Waals surface area contributed by atoms with E-state index in [0.29, 0.717) is 16.0 Å². The lowest BCUT2D eigenvalue weighted by Gasteiger charge is -1.94. The van der Waals surface area contributed by atoms with Crippen molar-refractivity contribution in [1.29, 1.82) is 0 Å². The van der Waals surface area contributed by atoms with Gasteiger partial charge in [0.05, 0.1) is 5.02 Å². The molecule has 0 atom stereocenters. The van der Waals surface area contributed by atoms with Gasteiger partial charge in [0.2, 0.25) is 0 Å². The van der Waals surface area contributed by atoms with Crippen molar-refractivity contribution in [2.45, 2.75) is 0 Å². The monoisotopic (exact) mass is 298 g/mol. The van der Waals surface area contributed by atoms with Gasteiger partial charge in [-0.25, -0.2) is 4.39 Å². The summed E-state index contributed by atoms with van der Waals surface area (Å²) in [6.07, 6.45) is 0. The Morgan fingerprint density at radius 2 is 2.06 bits per heavy atom. The lowest BCUT2D eigenvalue weighted by Crippen LogP contribution is -1.73. The van der Waals surface area contributed by atoms with Crippen LogP contribution >= 0.6 is 27.5 Å². The largest absolute Gasteiger partial charge is 0.453 e. The fraction of sp³-hybridized carbons (Fsp3) is 0. The minimum Gasteiger partial charge on any atom is -0.453 e. The summed E-state index contributed by atoms with van der Waals surface area (Å²) in [5.74, 6) is -0.374. The topological polar surface area (TPSA) is 13.1 Å². The summed E-state index contributed by atoms with van der Waals surface area (Å²) in [5.41, 5.74) is 0.831. The number of halogens is 3. The van der Waals surface area contributed by atoms with Crippen LogP contribution in [0.4, 0.5) is 4.39 Å². The summed E-state index contributed by atoms with van der Waals surface area (Å²) in [6.45, 7) is 0. The summed E-state index contributed by atoms with van der Waals surface area (Å²) in [6, 6.07) is 8.35. The molecule has 2 aromatic carbocycles. The van der Waals surface area contributed by atoms with Crippen molar-refractivity contribution in [3.05, 3.63) is 45.6 Å². The SMILES string of the molecule is Fc1cccc2c1oc1cc(Br)cc(Cl)c12. The van der Waals surface area contributed by atoms with E-state index < -0.39 is 0 Å². The highest BCUT2D eigenvalue weighted by Gasteiger charge is 2.13. The zero-order valence-electron chi connectivity index (χ0n) is 7.93. The summed E-state index contributed by atoms with van der Waals surface area (Å²) in [7, 11) is 0. The van der Waals surface area contributed by atoms with Crippen molar-refractivity contribution in [2.75, 3.05) is 0 Å². The summed E-state index contributed by atoms with van der Waals surface area (Å²) >= 11 is 9.44. The average molecular weight is 300 g/mol. The van der Waals surface area contributed by atoms with Gasteiger partial charge >= 0.3 is 0 Å². The standard InChI is InChI=1S/C12H5BrClFO/c13-6-4-8(14)11-7-2-1-3-9(15)12(7)16-10(11)5-6/h1-5H. The first-order valence-corrected chi connectivity index (χ1v) is 5.79. The third kappa shape index (κ3) is 1.35. The van der Waals surface area contributed by atoms with Crippen LogP contribution < -0.4 is 0 Å². The van der Waals surface area contributed by atoms with Gasteiger partial charge in [-0.15, -0.1) is 0 Å². The molecule has 0 saturated carbocycles. The molecule has 0 aliphatic heterocycles. The molecule has 0 amide bonds. The molecule has 3 rings (SSSR count). The lowest BCUT2D eigenvalue weighted by atomic mass is 10.1. The van der Waals surface area contributed by atoms with Crippen molar-refractivity contribution in [2.24, 2.45) is 0 Å². The van der Waals surface area contributed by atoms with E-state index in [2.05, 4.69) is 15.9 Å². The van der Waals surface area contributed by atoms with Gasteiger partial charge in [-0.3, -0.25) is 0 Å². The van der Waals surface area contributed by atoms with Crippen LogP contribution in [-0.2, 0) is 0 Å². The van der Waals surface area contributed by atoms with E-state index in [4.69, 9.17) is 16.0 Å². The van der Waals surface area contributed by atoms with Crippen LogP contribution in [0, 0.1) is 5.82 Å². The normalized spacial score (nSPS) is 11.4. The van der Waals surface area contributed by atoms with Crippen molar-refractivity contribution in [3.8, 4) is 0 Å². The van der Waals surface area contributed by atoms with Gasteiger partial charge in [-0.05, 0) is 18.2 Å². The molecule has 0 aliphatic carbocycles. The van der Waals surface area contributed by atoms with Gasteiger partial charge in [0.15, 0.2) is 11.4 Å². The molecular formula is C12H5BrClFO. The molecule has 0 saturated heterocycles. The molecule has 1 aromatic heterocycles. The number of benzene rings is 2. The van der Waals surface area contributed by atoms with Crippen molar-refractivity contribution >= 4 is 49.5 Å². The van der Waals surface area contributed by atoms with E-state index >= 15 is 0 Å². The second kappa shape index (κ2) is 3.47. The zero-order chi connectivity index (χ0) is 11.3. The minimum absolute atomic E-state index is 0.248. The molecule has 0 fully saturated rings. The van der Waals surface area contributed by atoms with Crippen LogP contribution in [0.3, 0.4) is 0 Å². The number of para-hydroxylation sites is 1. The van der Waals surface area contributed by atoms with E-state index in [1.165, 1.54) is 6.07 Å². The van der Waals surface area contributed by atoms with Crippen LogP contribution in [0.15, 0.2) is 39.2 Å². The first-order valence-electron chi connectivity index (χ1n) is 4.62. The fourth-order valence-corrected chi connectivity index (χ4v) is 2.69.